The average molecular weight is 497 g/mol. The standard InChI is InChI=1S/C24H18F4N2O4.Na/c1-14-11-21(33-10-9-29-34-13-31)22(25)15(2)18(14)12-16-7-8-20(32)23(30-16)17-5-3-4-6-19(17)24(26,27)28;/h3-8,11,32H,10,12H2,1-2H3;. The van der Waals surface area contributed by atoms with Crippen LogP contribution < -0.4 is 4.74 Å². The maximum absolute atomic E-state index is 15.1. The first-order chi connectivity index (χ1) is 16.5. The number of hydrogen-bond acceptors (Lipinski definition) is 6. The van der Waals surface area contributed by atoms with Gasteiger partial charge in [-0.2, -0.15) is 13.2 Å². The molecular formula is C24H18F4N2NaO4. The van der Waals surface area contributed by atoms with Crippen molar-refractivity contribution in [1.82, 2.24) is 4.98 Å². The number of halogens is 4. The van der Waals surface area contributed by atoms with Crippen LogP contribution in [0.15, 0.2) is 47.6 Å². The Kier molecular flexibility index (Phi) is 7.16. The van der Waals surface area contributed by atoms with Crippen LogP contribution >= 0.6 is 0 Å². The first kappa shape index (κ1) is 25.2. The summed E-state index contributed by atoms with van der Waals surface area (Å²) < 4.78 is 61.3. The number of alkyl halides is 3. The van der Waals surface area contributed by atoms with Crippen LogP contribution in [0, 0.1) is 19.7 Å². The summed E-state index contributed by atoms with van der Waals surface area (Å²) >= 11 is -1.83. The molecule has 0 amide bonds. The van der Waals surface area contributed by atoms with Gasteiger partial charge in [0.2, 0.25) is 0 Å². The van der Waals surface area contributed by atoms with Crippen molar-refractivity contribution in [2.24, 2.45) is 5.16 Å². The van der Waals surface area contributed by atoms with Crippen molar-refractivity contribution in [3.63, 3.8) is 0 Å². The minimum atomic E-state index is -4.63. The summed E-state index contributed by atoms with van der Waals surface area (Å²) in [6, 6.07) is 9.15. The summed E-state index contributed by atoms with van der Waals surface area (Å²) in [5.74, 6) is -0.977. The SMILES string of the molecule is Cc1cc(OC[C]2=NO[C](=O)[Na]2)c(F)c(C)c1Cc1ccc(O)c(-c2ccccc2C(F)(F)F)n1. The number of pyridine rings is 1. The second kappa shape index (κ2) is 9.96. The predicted octanol–water partition coefficient (Wildman–Crippen LogP) is 5.37. The molecule has 0 aliphatic carbocycles. The Hall–Kier alpha value is -2.95. The summed E-state index contributed by atoms with van der Waals surface area (Å²) in [5, 5.41) is 13.9. The summed E-state index contributed by atoms with van der Waals surface area (Å²) in [6.07, 6.45) is -4.50. The van der Waals surface area contributed by atoms with Crippen LogP contribution in [0.2, 0.25) is 0 Å². The van der Waals surface area contributed by atoms with Crippen molar-refractivity contribution in [1.29, 1.82) is 0 Å². The van der Waals surface area contributed by atoms with Crippen LogP contribution in [-0.2, 0) is 17.4 Å². The zero-order valence-corrected chi connectivity index (χ0v) is 21.0. The van der Waals surface area contributed by atoms with Crippen LogP contribution in [0.3, 0.4) is 0 Å². The van der Waals surface area contributed by atoms with Gasteiger partial charge in [-0.25, -0.2) is 0 Å². The number of hydrogen-bond donors (Lipinski definition) is 1. The van der Waals surface area contributed by atoms with Gasteiger partial charge in [0, 0.05) is 0 Å². The van der Waals surface area contributed by atoms with Crippen LogP contribution in [0.5, 0.6) is 11.5 Å². The van der Waals surface area contributed by atoms with Gasteiger partial charge >= 0.3 is 164 Å². The molecule has 0 atom stereocenters. The molecule has 35 heavy (non-hydrogen) atoms. The first-order valence-electron chi connectivity index (χ1n) is 10.9. The number of nitrogens with zero attached hydrogens (tertiary/aromatic N) is 2. The number of benzene rings is 2. The minimum absolute atomic E-state index is 0.00728. The van der Waals surface area contributed by atoms with E-state index >= 15 is 4.39 Å². The van der Waals surface area contributed by atoms with Crippen molar-refractivity contribution < 1.29 is 37.0 Å². The van der Waals surface area contributed by atoms with Gasteiger partial charge in [0.25, 0.3) is 0 Å². The van der Waals surface area contributed by atoms with E-state index in [0.717, 1.165) is 6.07 Å². The van der Waals surface area contributed by atoms with E-state index in [0.29, 0.717) is 25.3 Å². The van der Waals surface area contributed by atoms with Crippen molar-refractivity contribution in [2.45, 2.75) is 26.4 Å². The monoisotopic (exact) mass is 497 g/mol. The molecular weight excluding hydrogens is 479 g/mol. The quantitative estimate of drug-likeness (QED) is 0.282. The van der Waals surface area contributed by atoms with Crippen LogP contribution in [0.4, 0.5) is 22.4 Å². The Labute approximate surface area is 211 Å². The third kappa shape index (κ3) is 5.50. The molecule has 1 N–H and O–H groups in total. The molecule has 0 bridgehead atoms. The van der Waals surface area contributed by atoms with Gasteiger partial charge in [0.1, 0.15) is 0 Å². The number of carbonyl (C=O) groups is 1. The molecule has 6 nitrogen and oxygen atoms in total. The van der Waals surface area contributed by atoms with Gasteiger partial charge < -0.3 is 5.11 Å². The fraction of sp³-hybridized carbons (Fsp3) is 0.208. The van der Waals surface area contributed by atoms with Gasteiger partial charge in [-0.3, -0.25) is 0 Å². The fourth-order valence-electron chi connectivity index (χ4n) is 3.99. The zero-order chi connectivity index (χ0) is 25.3. The number of carbonyl (C=O) groups excluding carboxylic acids is 1. The maximum atomic E-state index is 15.1. The first-order valence-corrected chi connectivity index (χ1v) is 12.9. The summed E-state index contributed by atoms with van der Waals surface area (Å²) in [4.78, 5) is 20.1. The van der Waals surface area contributed by atoms with Crippen molar-refractivity contribution in [3.05, 3.63) is 76.2 Å². The van der Waals surface area contributed by atoms with Crippen molar-refractivity contribution in [2.75, 3.05) is 6.61 Å². The molecule has 1 aliphatic rings. The van der Waals surface area contributed by atoms with E-state index < -0.39 is 49.6 Å². The normalized spacial score (nSPS) is 13.5. The molecule has 0 spiro atoms. The predicted molar refractivity (Wildman–Crippen MR) is 120 cm³/mol. The van der Waals surface area contributed by atoms with Crippen LogP contribution in [0.1, 0.15) is 27.9 Å². The van der Waals surface area contributed by atoms with E-state index in [-0.39, 0.29) is 33.3 Å². The third-order valence-electron chi connectivity index (χ3n) is 5.86. The molecule has 1 aromatic heterocycles. The van der Waals surface area contributed by atoms with E-state index in [1.54, 1.807) is 13.8 Å². The number of aromatic nitrogens is 1. The van der Waals surface area contributed by atoms with E-state index in [1.807, 2.05) is 0 Å². The van der Waals surface area contributed by atoms with Crippen molar-refractivity contribution >= 4 is 32.5 Å². The Morgan fingerprint density at radius 1 is 1.14 bits per heavy atom. The molecule has 11 heteroatoms. The summed E-state index contributed by atoms with van der Waals surface area (Å²) in [5.41, 5.74) is 0.583. The molecule has 0 saturated heterocycles. The van der Waals surface area contributed by atoms with E-state index in [2.05, 4.69) is 15.0 Å². The number of rotatable bonds is 6. The number of oxime groups is 1. The number of aryl methyl sites for hydroxylation is 1. The molecule has 5 radical (unpaired) electrons. The van der Waals surface area contributed by atoms with Gasteiger partial charge in [0.15, 0.2) is 0 Å². The van der Waals surface area contributed by atoms with Crippen molar-refractivity contribution in [3.8, 4) is 22.8 Å². The van der Waals surface area contributed by atoms with E-state index in [1.165, 1.54) is 36.4 Å². The third-order valence-corrected chi connectivity index (χ3v) is 7.50. The topological polar surface area (TPSA) is 81.0 Å². The Bertz CT molecular complexity index is 1340. The zero-order valence-electron chi connectivity index (χ0n) is 19.0. The van der Waals surface area contributed by atoms with Crippen LogP contribution in [0.25, 0.3) is 11.3 Å². The Morgan fingerprint density at radius 3 is 2.57 bits per heavy atom. The molecule has 4 rings (SSSR count). The molecule has 2 aromatic carbocycles. The molecule has 177 valence electrons. The molecule has 0 saturated carbocycles. The van der Waals surface area contributed by atoms with E-state index in [9.17, 15) is 23.1 Å². The number of aromatic hydroxyl groups is 1. The van der Waals surface area contributed by atoms with E-state index in [4.69, 9.17) is 4.74 Å². The molecule has 3 aromatic rings. The molecule has 0 unspecified atom stereocenters. The van der Waals surface area contributed by atoms with Crippen LogP contribution in [-0.4, -0.2) is 49.2 Å². The molecule has 0 fully saturated rings. The number of ether oxygens (including phenoxy) is 1. The summed E-state index contributed by atoms with van der Waals surface area (Å²) in [6.45, 7) is 3.31. The molecule has 2 heterocycles. The Balaban J connectivity index is 1.63. The summed E-state index contributed by atoms with van der Waals surface area (Å²) in [7, 11) is 0. The molecule has 1 aliphatic heterocycles. The Morgan fingerprint density at radius 2 is 1.89 bits per heavy atom. The second-order valence-electron chi connectivity index (χ2n) is 8.45. The van der Waals surface area contributed by atoms with Gasteiger partial charge in [-0.1, -0.05) is 18.2 Å². The average Bonchev–Trinajstić information content (AvgIpc) is 3.23. The van der Waals surface area contributed by atoms with Gasteiger partial charge in [-0.15, -0.1) is 0 Å². The fourth-order valence-corrected chi connectivity index (χ4v) is 5.12. The second-order valence-corrected chi connectivity index (χ2v) is 10.9. The van der Waals surface area contributed by atoms with Gasteiger partial charge in [-0.05, 0) is 6.07 Å². The van der Waals surface area contributed by atoms with Gasteiger partial charge in [0.05, 0.1) is 5.56 Å².